The van der Waals surface area contributed by atoms with Crippen LogP contribution in [0.4, 0.5) is 10.1 Å². The fourth-order valence-electron chi connectivity index (χ4n) is 2.04. The van der Waals surface area contributed by atoms with Crippen molar-refractivity contribution in [3.63, 3.8) is 0 Å². The average molecular weight is 264 g/mol. The van der Waals surface area contributed by atoms with Gasteiger partial charge in [0.2, 0.25) is 0 Å². The molecular formula is C14H17FN2S. The molecule has 2 nitrogen and oxygen atoms in total. The number of nitrogens with zero attached hydrogens (tertiary/aromatic N) is 1. The molecule has 1 atom stereocenters. The zero-order valence-electron chi connectivity index (χ0n) is 10.6. The largest absolute Gasteiger partial charge is 0.365 e. The third kappa shape index (κ3) is 2.54. The molecule has 0 spiro atoms. The molecule has 4 heteroatoms. The summed E-state index contributed by atoms with van der Waals surface area (Å²) in [6.07, 6.45) is 0. The van der Waals surface area contributed by atoms with Crippen LogP contribution in [0.3, 0.4) is 0 Å². The number of benzene rings is 1. The highest BCUT2D eigenvalue weighted by atomic mass is 32.1. The van der Waals surface area contributed by atoms with Crippen LogP contribution in [0.2, 0.25) is 0 Å². The quantitative estimate of drug-likeness (QED) is 0.917. The van der Waals surface area contributed by atoms with Crippen LogP contribution in [0.25, 0.3) is 0 Å². The number of anilines is 1. The maximum atomic E-state index is 13.3. The van der Waals surface area contributed by atoms with Crippen LogP contribution in [0.15, 0.2) is 35.7 Å². The van der Waals surface area contributed by atoms with Gasteiger partial charge in [-0.3, -0.25) is 0 Å². The topological polar surface area (TPSA) is 29.3 Å². The molecule has 0 fully saturated rings. The van der Waals surface area contributed by atoms with E-state index in [9.17, 15) is 4.39 Å². The van der Waals surface area contributed by atoms with Crippen molar-refractivity contribution in [2.75, 3.05) is 18.5 Å². The van der Waals surface area contributed by atoms with Crippen LogP contribution < -0.4 is 10.6 Å². The SMILES string of the molecule is Cc1ccsc1C(CN)N(C)c1cccc(F)c1. The second-order valence-corrected chi connectivity index (χ2v) is 5.26. The van der Waals surface area contributed by atoms with Crippen LogP contribution in [-0.4, -0.2) is 13.6 Å². The Morgan fingerprint density at radius 1 is 1.39 bits per heavy atom. The lowest BCUT2D eigenvalue weighted by Gasteiger charge is -2.29. The molecule has 0 saturated carbocycles. The van der Waals surface area contributed by atoms with Crippen LogP contribution in [0, 0.1) is 12.7 Å². The van der Waals surface area contributed by atoms with E-state index in [4.69, 9.17) is 5.73 Å². The van der Waals surface area contributed by atoms with Crippen LogP contribution in [-0.2, 0) is 0 Å². The normalized spacial score (nSPS) is 12.4. The van der Waals surface area contributed by atoms with Gasteiger partial charge in [-0.25, -0.2) is 4.39 Å². The standard InChI is InChI=1S/C14H17FN2S/c1-10-6-7-18-14(10)13(9-16)17(2)12-5-3-4-11(15)8-12/h3-8,13H,9,16H2,1-2H3. The van der Waals surface area contributed by atoms with Gasteiger partial charge in [0.25, 0.3) is 0 Å². The number of hydrogen-bond acceptors (Lipinski definition) is 3. The van der Waals surface area contributed by atoms with E-state index in [1.165, 1.54) is 22.6 Å². The summed E-state index contributed by atoms with van der Waals surface area (Å²) in [5, 5.41) is 2.06. The zero-order valence-corrected chi connectivity index (χ0v) is 11.4. The first kappa shape index (κ1) is 13.1. The highest BCUT2D eigenvalue weighted by molar-refractivity contribution is 7.10. The summed E-state index contributed by atoms with van der Waals surface area (Å²) >= 11 is 1.69. The summed E-state index contributed by atoms with van der Waals surface area (Å²) in [4.78, 5) is 3.27. The Hall–Kier alpha value is -1.39. The molecule has 2 rings (SSSR count). The van der Waals surface area contributed by atoms with E-state index in [0.717, 1.165) is 5.69 Å². The van der Waals surface area contributed by atoms with E-state index in [1.54, 1.807) is 17.4 Å². The lowest BCUT2D eigenvalue weighted by Crippen LogP contribution is -2.30. The van der Waals surface area contributed by atoms with E-state index >= 15 is 0 Å². The fourth-order valence-corrected chi connectivity index (χ4v) is 3.13. The molecule has 0 aliphatic heterocycles. The first-order chi connectivity index (χ1) is 8.63. The molecule has 96 valence electrons. The molecule has 0 saturated heterocycles. The predicted molar refractivity (Wildman–Crippen MR) is 75.7 cm³/mol. The number of likely N-dealkylation sites (N-methyl/N-ethyl adjacent to an activating group) is 1. The maximum absolute atomic E-state index is 13.3. The Balaban J connectivity index is 2.31. The molecule has 1 aromatic carbocycles. The van der Waals surface area contributed by atoms with Gasteiger partial charge in [0.15, 0.2) is 0 Å². The van der Waals surface area contributed by atoms with Crippen LogP contribution >= 0.6 is 11.3 Å². The van der Waals surface area contributed by atoms with Gasteiger partial charge in [0, 0.05) is 24.2 Å². The predicted octanol–water partition coefficient (Wildman–Crippen LogP) is 3.33. The van der Waals surface area contributed by atoms with Crippen molar-refractivity contribution in [1.82, 2.24) is 0 Å². The molecule has 1 heterocycles. The lowest BCUT2D eigenvalue weighted by molar-refractivity contribution is 0.623. The number of nitrogens with two attached hydrogens (primary N) is 1. The Kier molecular flexibility index (Phi) is 3.99. The van der Waals surface area contributed by atoms with E-state index in [-0.39, 0.29) is 11.9 Å². The molecule has 18 heavy (non-hydrogen) atoms. The van der Waals surface area contributed by atoms with Gasteiger partial charge in [0.05, 0.1) is 6.04 Å². The molecule has 0 radical (unpaired) electrons. The van der Waals surface area contributed by atoms with Gasteiger partial charge in [0.1, 0.15) is 5.82 Å². The van der Waals surface area contributed by atoms with E-state index in [2.05, 4.69) is 18.4 Å². The summed E-state index contributed by atoms with van der Waals surface area (Å²) in [5.74, 6) is -0.224. The maximum Gasteiger partial charge on any atom is 0.125 e. The van der Waals surface area contributed by atoms with Gasteiger partial charge in [-0.2, -0.15) is 0 Å². The van der Waals surface area contributed by atoms with Crippen molar-refractivity contribution in [1.29, 1.82) is 0 Å². The number of halogens is 1. The third-order valence-electron chi connectivity index (χ3n) is 3.11. The minimum absolute atomic E-state index is 0.0896. The first-order valence-electron chi connectivity index (χ1n) is 5.86. The molecule has 2 aromatic rings. The van der Waals surface area contributed by atoms with Gasteiger partial charge < -0.3 is 10.6 Å². The number of hydrogen-bond donors (Lipinski definition) is 1. The first-order valence-corrected chi connectivity index (χ1v) is 6.74. The Labute approximate surface area is 111 Å². The molecule has 2 N–H and O–H groups in total. The van der Waals surface area contributed by atoms with Gasteiger partial charge >= 0.3 is 0 Å². The third-order valence-corrected chi connectivity index (χ3v) is 4.23. The molecular weight excluding hydrogens is 247 g/mol. The van der Waals surface area contributed by atoms with E-state index < -0.39 is 0 Å². The van der Waals surface area contributed by atoms with Gasteiger partial charge in [-0.1, -0.05) is 6.07 Å². The number of aryl methyl sites for hydroxylation is 1. The van der Waals surface area contributed by atoms with Gasteiger partial charge in [-0.05, 0) is 42.1 Å². The van der Waals surface area contributed by atoms with Crippen molar-refractivity contribution in [2.24, 2.45) is 5.73 Å². The zero-order chi connectivity index (χ0) is 13.1. The number of thiophene rings is 1. The van der Waals surface area contributed by atoms with Crippen LogP contribution in [0.5, 0.6) is 0 Å². The Bertz CT molecular complexity index is 524. The minimum Gasteiger partial charge on any atom is -0.365 e. The average Bonchev–Trinajstić information content (AvgIpc) is 2.77. The van der Waals surface area contributed by atoms with Crippen LogP contribution in [0.1, 0.15) is 16.5 Å². The van der Waals surface area contributed by atoms with E-state index in [1.807, 2.05) is 18.0 Å². The smallest absolute Gasteiger partial charge is 0.125 e. The second-order valence-electron chi connectivity index (χ2n) is 4.31. The highest BCUT2D eigenvalue weighted by Gasteiger charge is 2.19. The van der Waals surface area contributed by atoms with Gasteiger partial charge in [-0.15, -0.1) is 11.3 Å². The summed E-state index contributed by atoms with van der Waals surface area (Å²) in [6.45, 7) is 2.59. The molecule has 0 amide bonds. The number of rotatable bonds is 4. The fraction of sp³-hybridized carbons (Fsp3) is 0.286. The summed E-state index contributed by atoms with van der Waals surface area (Å²) in [5.41, 5.74) is 7.96. The molecule has 1 unspecified atom stereocenters. The minimum atomic E-state index is -0.224. The van der Waals surface area contributed by atoms with E-state index in [0.29, 0.717) is 6.54 Å². The summed E-state index contributed by atoms with van der Waals surface area (Å²) in [7, 11) is 1.95. The highest BCUT2D eigenvalue weighted by Crippen LogP contribution is 2.30. The van der Waals surface area contributed by atoms with Crippen molar-refractivity contribution < 1.29 is 4.39 Å². The monoisotopic (exact) mass is 264 g/mol. The summed E-state index contributed by atoms with van der Waals surface area (Å²) < 4.78 is 13.3. The van der Waals surface area contributed by atoms with Crippen molar-refractivity contribution >= 4 is 17.0 Å². The molecule has 0 bridgehead atoms. The van der Waals surface area contributed by atoms with Crippen molar-refractivity contribution in [2.45, 2.75) is 13.0 Å². The molecule has 1 aromatic heterocycles. The lowest BCUT2D eigenvalue weighted by atomic mass is 10.1. The Morgan fingerprint density at radius 2 is 2.17 bits per heavy atom. The molecule has 0 aliphatic carbocycles. The molecule has 0 aliphatic rings. The van der Waals surface area contributed by atoms with Crippen molar-refractivity contribution in [3.8, 4) is 0 Å². The second kappa shape index (κ2) is 5.50. The summed E-state index contributed by atoms with van der Waals surface area (Å²) in [6, 6.07) is 8.77. The van der Waals surface area contributed by atoms with Crippen molar-refractivity contribution in [3.05, 3.63) is 52.0 Å². The Morgan fingerprint density at radius 3 is 2.72 bits per heavy atom.